The van der Waals surface area contributed by atoms with E-state index in [2.05, 4.69) is 10.3 Å². The minimum absolute atomic E-state index is 0.165. The van der Waals surface area contributed by atoms with Crippen molar-refractivity contribution in [3.8, 4) is 0 Å². The molecule has 0 saturated heterocycles. The Morgan fingerprint density at radius 1 is 1.44 bits per heavy atom. The van der Waals surface area contributed by atoms with E-state index in [1.165, 1.54) is 12.3 Å². The summed E-state index contributed by atoms with van der Waals surface area (Å²) in [6.07, 6.45) is 1.54. The number of aromatic nitrogens is 1. The lowest BCUT2D eigenvalue weighted by atomic mass is 10.1. The van der Waals surface area contributed by atoms with Crippen LogP contribution in [0.2, 0.25) is 0 Å². The van der Waals surface area contributed by atoms with Gasteiger partial charge in [-0.15, -0.1) is 0 Å². The second-order valence-corrected chi connectivity index (χ2v) is 3.54. The fourth-order valence-corrected chi connectivity index (χ4v) is 1.65. The van der Waals surface area contributed by atoms with Crippen molar-refractivity contribution in [1.82, 2.24) is 4.98 Å². The summed E-state index contributed by atoms with van der Waals surface area (Å²) in [5, 5.41) is 22.5. The summed E-state index contributed by atoms with van der Waals surface area (Å²) in [6.45, 7) is -0.382. The van der Waals surface area contributed by atoms with Crippen molar-refractivity contribution >= 4 is 28.2 Å². The second kappa shape index (κ2) is 4.66. The van der Waals surface area contributed by atoms with Crippen molar-refractivity contribution in [2.45, 2.75) is 0 Å². The molecule has 0 fully saturated rings. The number of hydrogen-bond donors (Lipinski definition) is 2. The van der Waals surface area contributed by atoms with E-state index in [4.69, 9.17) is 5.11 Å². The molecule has 1 aromatic heterocycles. The number of nitro groups is 1. The Morgan fingerprint density at radius 2 is 2.22 bits per heavy atom. The molecule has 0 aliphatic carbocycles. The molecule has 2 rings (SSSR count). The van der Waals surface area contributed by atoms with Gasteiger partial charge in [0.25, 0.3) is 0 Å². The summed E-state index contributed by atoms with van der Waals surface area (Å²) in [4.78, 5) is 25.0. The third-order valence-corrected chi connectivity index (χ3v) is 2.37. The van der Waals surface area contributed by atoms with Crippen LogP contribution in [-0.2, 0) is 4.79 Å². The van der Waals surface area contributed by atoms with E-state index >= 15 is 0 Å². The van der Waals surface area contributed by atoms with Gasteiger partial charge in [-0.2, -0.15) is 0 Å². The predicted molar refractivity (Wildman–Crippen MR) is 64.5 cm³/mol. The molecule has 0 amide bonds. The van der Waals surface area contributed by atoms with Gasteiger partial charge in [-0.3, -0.25) is 19.9 Å². The highest BCUT2D eigenvalue weighted by Crippen LogP contribution is 2.32. The summed E-state index contributed by atoms with van der Waals surface area (Å²) in [5.74, 6) is -1.09. The largest absolute Gasteiger partial charge is 0.480 e. The molecule has 18 heavy (non-hydrogen) atoms. The molecular formula is C11H9N3O4. The molecule has 0 bridgehead atoms. The number of carboxylic acids is 1. The van der Waals surface area contributed by atoms with Crippen LogP contribution < -0.4 is 5.32 Å². The molecule has 0 spiro atoms. The number of fused-ring (bicyclic) bond motifs is 1. The van der Waals surface area contributed by atoms with Crippen molar-refractivity contribution in [3.05, 3.63) is 40.6 Å². The van der Waals surface area contributed by atoms with Gasteiger partial charge in [-0.1, -0.05) is 0 Å². The molecule has 1 heterocycles. The van der Waals surface area contributed by atoms with Gasteiger partial charge in [0.2, 0.25) is 0 Å². The smallest absolute Gasteiger partial charge is 0.322 e. The highest BCUT2D eigenvalue weighted by atomic mass is 16.6. The number of carboxylic acid groups (broad SMARTS) is 1. The highest BCUT2D eigenvalue weighted by Gasteiger charge is 2.18. The number of nitrogens with zero attached hydrogens (tertiary/aromatic N) is 2. The maximum absolute atomic E-state index is 11.1. The van der Waals surface area contributed by atoms with E-state index < -0.39 is 10.9 Å². The molecule has 0 saturated carbocycles. The van der Waals surface area contributed by atoms with Crippen LogP contribution in [0.1, 0.15) is 0 Å². The van der Waals surface area contributed by atoms with Crippen LogP contribution in [0.4, 0.5) is 11.4 Å². The minimum Gasteiger partial charge on any atom is -0.480 e. The van der Waals surface area contributed by atoms with Gasteiger partial charge in [0.15, 0.2) is 0 Å². The molecule has 0 atom stereocenters. The zero-order chi connectivity index (χ0) is 13.1. The summed E-state index contributed by atoms with van der Waals surface area (Å²) in [5.41, 5.74) is 0.495. The molecular weight excluding hydrogens is 238 g/mol. The van der Waals surface area contributed by atoms with Crippen molar-refractivity contribution in [3.63, 3.8) is 0 Å². The van der Waals surface area contributed by atoms with Gasteiger partial charge in [-0.25, -0.2) is 0 Å². The number of hydrogen-bond acceptors (Lipinski definition) is 5. The number of aliphatic carboxylic acids is 1. The van der Waals surface area contributed by atoms with E-state index in [0.717, 1.165) is 0 Å². The standard InChI is InChI=1S/C11H9N3O4/c15-10(16)6-13-9-4-3-8-7(2-1-5-12-8)11(9)14(17)18/h1-5,13H,6H2,(H,15,16). The predicted octanol–water partition coefficient (Wildman–Crippen LogP) is 1.64. The molecule has 1 aromatic carbocycles. The maximum atomic E-state index is 11.1. The number of nitro benzene ring substituents is 1. The van der Waals surface area contributed by atoms with E-state index in [-0.39, 0.29) is 17.9 Å². The molecule has 7 nitrogen and oxygen atoms in total. The lowest BCUT2D eigenvalue weighted by Crippen LogP contribution is -2.13. The van der Waals surface area contributed by atoms with Crippen LogP contribution in [-0.4, -0.2) is 27.5 Å². The van der Waals surface area contributed by atoms with E-state index in [1.54, 1.807) is 18.2 Å². The Hall–Kier alpha value is -2.70. The van der Waals surface area contributed by atoms with Crippen LogP contribution in [0.15, 0.2) is 30.5 Å². The number of benzene rings is 1. The SMILES string of the molecule is O=C(O)CNc1ccc2ncccc2c1[N+](=O)[O-]. The summed E-state index contributed by atoms with van der Waals surface area (Å²) >= 11 is 0. The third kappa shape index (κ3) is 2.19. The third-order valence-electron chi connectivity index (χ3n) is 2.37. The fourth-order valence-electron chi connectivity index (χ4n) is 1.65. The fraction of sp³-hybridized carbons (Fsp3) is 0.0909. The first kappa shape index (κ1) is 11.8. The second-order valence-electron chi connectivity index (χ2n) is 3.54. The van der Waals surface area contributed by atoms with Crippen molar-refractivity contribution in [1.29, 1.82) is 0 Å². The quantitative estimate of drug-likeness (QED) is 0.628. The van der Waals surface area contributed by atoms with E-state index in [1.807, 2.05) is 0 Å². The first-order valence-corrected chi connectivity index (χ1v) is 5.07. The first-order valence-electron chi connectivity index (χ1n) is 5.07. The van der Waals surface area contributed by atoms with Crippen LogP contribution in [0, 0.1) is 10.1 Å². The minimum atomic E-state index is -1.09. The van der Waals surface area contributed by atoms with Gasteiger partial charge >= 0.3 is 11.7 Å². The Bertz CT molecular complexity index is 627. The average molecular weight is 247 g/mol. The molecule has 0 radical (unpaired) electrons. The number of nitrogens with one attached hydrogen (secondary N) is 1. The molecule has 2 aromatic rings. The lowest BCUT2D eigenvalue weighted by molar-refractivity contribution is -0.382. The topological polar surface area (TPSA) is 105 Å². The Morgan fingerprint density at radius 3 is 2.89 bits per heavy atom. The van der Waals surface area contributed by atoms with Crippen LogP contribution >= 0.6 is 0 Å². The zero-order valence-corrected chi connectivity index (χ0v) is 9.16. The lowest BCUT2D eigenvalue weighted by Gasteiger charge is -2.06. The highest BCUT2D eigenvalue weighted by molar-refractivity contribution is 5.94. The van der Waals surface area contributed by atoms with E-state index in [9.17, 15) is 14.9 Å². The average Bonchev–Trinajstić information content (AvgIpc) is 2.35. The summed E-state index contributed by atoms with van der Waals surface area (Å²) in [7, 11) is 0. The van der Waals surface area contributed by atoms with Gasteiger partial charge in [0.05, 0.1) is 15.8 Å². The maximum Gasteiger partial charge on any atom is 0.322 e. The monoisotopic (exact) mass is 247 g/mol. The molecule has 0 aliphatic rings. The number of carbonyl (C=O) groups is 1. The Balaban J connectivity index is 2.55. The number of anilines is 1. The van der Waals surface area contributed by atoms with Crippen molar-refractivity contribution in [2.24, 2.45) is 0 Å². The molecule has 0 aliphatic heterocycles. The number of rotatable bonds is 4. The van der Waals surface area contributed by atoms with Gasteiger partial charge in [0, 0.05) is 6.20 Å². The first-order chi connectivity index (χ1) is 8.59. The van der Waals surface area contributed by atoms with Crippen molar-refractivity contribution < 1.29 is 14.8 Å². The zero-order valence-electron chi connectivity index (χ0n) is 9.16. The molecule has 0 unspecified atom stereocenters. The Labute approximate surface area is 101 Å². The van der Waals surface area contributed by atoms with Crippen molar-refractivity contribution in [2.75, 3.05) is 11.9 Å². The van der Waals surface area contributed by atoms with Crippen LogP contribution in [0.25, 0.3) is 10.9 Å². The van der Waals surface area contributed by atoms with Gasteiger partial charge < -0.3 is 10.4 Å². The summed E-state index contributed by atoms with van der Waals surface area (Å²) < 4.78 is 0. The molecule has 2 N–H and O–H groups in total. The summed E-state index contributed by atoms with van der Waals surface area (Å²) in [6, 6.07) is 6.23. The normalized spacial score (nSPS) is 10.2. The van der Waals surface area contributed by atoms with Gasteiger partial charge in [0.1, 0.15) is 12.2 Å². The van der Waals surface area contributed by atoms with Crippen LogP contribution in [0.5, 0.6) is 0 Å². The molecule has 7 heteroatoms. The van der Waals surface area contributed by atoms with Gasteiger partial charge in [-0.05, 0) is 24.3 Å². The van der Waals surface area contributed by atoms with Crippen LogP contribution in [0.3, 0.4) is 0 Å². The Kier molecular flexibility index (Phi) is 3.05. The number of pyridine rings is 1. The van der Waals surface area contributed by atoms with E-state index in [0.29, 0.717) is 10.9 Å². The molecule has 92 valence electrons.